The zero-order chi connectivity index (χ0) is 47.6. The zero-order valence-corrected chi connectivity index (χ0v) is 43.2. The van der Waals surface area contributed by atoms with E-state index >= 15 is 0 Å². The van der Waals surface area contributed by atoms with Crippen LogP contribution in [0.15, 0.2) is 0 Å². The summed E-state index contributed by atoms with van der Waals surface area (Å²) in [6.45, 7) is 20.0. The maximum atomic E-state index is 12.1. The lowest BCUT2D eigenvalue weighted by Crippen LogP contribution is -2.39. The van der Waals surface area contributed by atoms with Gasteiger partial charge in [0.15, 0.2) is 0 Å². The number of nitrogens with zero attached hydrogens (tertiary/aromatic N) is 4. The maximum Gasteiger partial charge on any atom is 0.310 e. The molecule has 1 unspecified atom stereocenters. The monoisotopic (exact) mass is 943 g/mol. The highest BCUT2D eigenvalue weighted by Gasteiger charge is 2.40. The molecule has 0 amide bonds. The van der Waals surface area contributed by atoms with E-state index in [1.54, 1.807) is 0 Å². The molecule has 0 aromatic heterocycles. The van der Waals surface area contributed by atoms with Crippen LogP contribution in [0.3, 0.4) is 0 Å². The van der Waals surface area contributed by atoms with Crippen LogP contribution in [-0.4, -0.2) is 146 Å². The van der Waals surface area contributed by atoms with Crippen molar-refractivity contribution < 1.29 is 38.1 Å². The second-order valence-corrected chi connectivity index (χ2v) is 21.8. The fourth-order valence-corrected chi connectivity index (χ4v) is 11.8. The minimum absolute atomic E-state index is 0.0150. The number of carbonyl (C=O) groups is 4. The highest BCUT2D eigenvalue weighted by atomic mass is 16.6. The summed E-state index contributed by atoms with van der Waals surface area (Å²) >= 11 is 0. The molecule has 0 N–H and O–H groups in total. The molecule has 12 heteroatoms. The van der Waals surface area contributed by atoms with Gasteiger partial charge >= 0.3 is 23.9 Å². The lowest BCUT2D eigenvalue weighted by Gasteiger charge is -2.33. The van der Waals surface area contributed by atoms with E-state index in [-0.39, 0.29) is 47.1 Å². The molecule has 0 aromatic carbocycles. The molecule has 8 aliphatic rings. The van der Waals surface area contributed by atoms with E-state index in [0.29, 0.717) is 31.8 Å². The van der Waals surface area contributed by atoms with Gasteiger partial charge in [-0.15, -0.1) is 0 Å². The van der Waals surface area contributed by atoms with Gasteiger partial charge in [-0.05, 0) is 200 Å². The fourth-order valence-electron chi connectivity index (χ4n) is 11.8. The van der Waals surface area contributed by atoms with Crippen LogP contribution in [0.5, 0.6) is 0 Å². The predicted molar refractivity (Wildman–Crippen MR) is 267 cm³/mol. The Balaban J connectivity index is 0.000000168. The van der Waals surface area contributed by atoms with Crippen molar-refractivity contribution in [3.8, 4) is 0 Å². The highest BCUT2D eigenvalue weighted by Crippen LogP contribution is 2.40. The van der Waals surface area contributed by atoms with Crippen LogP contribution >= 0.6 is 0 Å². The summed E-state index contributed by atoms with van der Waals surface area (Å²) in [5.74, 6) is 0.672. The maximum absolute atomic E-state index is 12.1. The van der Waals surface area contributed by atoms with E-state index in [4.69, 9.17) is 18.9 Å². The number of rotatable bonds is 16. The molecule has 67 heavy (non-hydrogen) atoms. The van der Waals surface area contributed by atoms with Gasteiger partial charge in [-0.2, -0.15) is 0 Å². The van der Waals surface area contributed by atoms with E-state index < -0.39 is 0 Å². The van der Waals surface area contributed by atoms with Crippen LogP contribution in [0, 0.1) is 11.8 Å². The van der Waals surface area contributed by atoms with Crippen molar-refractivity contribution in [1.29, 1.82) is 0 Å². The summed E-state index contributed by atoms with van der Waals surface area (Å²) in [5, 5.41) is 0. The van der Waals surface area contributed by atoms with Crippen molar-refractivity contribution in [2.75, 3.05) is 85.1 Å². The Bertz CT molecular complexity index is 1390. The van der Waals surface area contributed by atoms with E-state index in [9.17, 15) is 19.2 Å². The Morgan fingerprint density at radius 1 is 0.537 bits per heavy atom. The molecule has 8 rings (SSSR count). The van der Waals surface area contributed by atoms with Gasteiger partial charge in [0.2, 0.25) is 0 Å². The zero-order valence-electron chi connectivity index (χ0n) is 43.2. The van der Waals surface area contributed by atoms with Crippen LogP contribution < -0.4 is 0 Å². The van der Waals surface area contributed by atoms with Gasteiger partial charge in [-0.3, -0.25) is 19.2 Å². The van der Waals surface area contributed by atoms with Crippen LogP contribution in [0.2, 0.25) is 0 Å². The molecule has 3 saturated carbocycles. The molecule has 5 saturated heterocycles. The van der Waals surface area contributed by atoms with E-state index in [1.807, 2.05) is 0 Å². The largest absolute Gasteiger partial charge is 0.465 e. The molecule has 1 atom stereocenters. The molecule has 12 nitrogen and oxygen atoms in total. The van der Waals surface area contributed by atoms with Crippen molar-refractivity contribution in [3.05, 3.63) is 0 Å². The average Bonchev–Trinajstić information content (AvgIpc) is 4.15. The summed E-state index contributed by atoms with van der Waals surface area (Å²) in [4.78, 5) is 56.6. The molecular weight excluding hydrogens is 845 g/mol. The number of hydrogen-bond donors (Lipinski definition) is 0. The van der Waals surface area contributed by atoms with E-state index in [1.165, 1.54) is 135 Å². The third-order valence-corrected chi connectivity index (χ3v) is 16.4. The third kappa shape index (κ3) is 20.9. The second kappa shape index (κ2) is 31.1. The predicted octanol–water partition coefficient (Wildman–Crippen LogP) is 10.3. The molecule has 0 spiro atoms. The molecule has 8 fully saturated rings. The van der Waals surface area contributed by atoms with Crippen LogP contribution in [-0.2, 0) is 38.1 Å². The van der Waals surface area contributed by atoms with E-state index in [2.05, 4.69) is 40.4 Å². The topological polar surface area (TPSA) is 118 Å². The van der Waals surface area contributed by atoms with Crippen molar-refractivity contribution in [2.45, 2.75) is 231 Å². The summed E-state index contributed by atoms with van der Waals surface area (Å²) in [7, 11) is 0. The van der Waals surface area contributed by atoms with Crippen molar-refractivity contribution in [2.24, 2.45) is 11.8 Å². The Kier molecular flexibility index (Phi) is 25.9. The van der Waals surface area contributed by atoms with Gasteiger partial charge in [0.05, 0.1) is 31.8 Å². The van der Waals surface area contributed by atoms with Crippen molar-refractivity contribution in [1.82, 2.24) is 19.6 Å². The van der Waals surface area contributed by atoms with Gasteiger partial charge in [-0.25, -0.2) is 0 Å². The minimum Gasteiger partial charge on any atom is -0.465 e. The first kappa shape index (κ1) is 55.6. The van der Waals surface area contributed by atoms with Crippen LogP contribution in [0.25, 0.3) is 0 Å². The molecule has 5 heterocycles. The lowest BCUT2D eigenvalue weighted by molar-refractivity contribution is -0.165. The molecule has 0 radical (unpaired) electrons. The van der Waals surface area contributed by atoms with Gasteiger partial charge in [0, 0.05) is 26.2 Å². The van der Waals surface area contributed by atoms with E-state index in [0.717, 1.165) is 117 Å². The Morgan fingerprint density at radius 2 is 0.955 bits per heavy atom. The quantitative estimate of drug-likeness (QED) is 0.108. The highest BCUT2D eigenvalue weighted by molar-refractivity contribution is 5.74. The fraction of sp³-hybridized carbons (Fsp3) is 0.927. The number of likely N-dealkylation sites (tertiary alicyclic amines) is 4. The van der Waals surface area contributed by atoms with Gasteiger partial charge in [0.25, 0.3) is 0 Å². The Labute approximate surface area is 408 Å². The molecule has 3 aliphatic carbocycles. The first-order valence-corrected chi connectivity index (χ1v) is 28.3. The number of hydrogen-bond acceptors (Lipinski definition) is 12. The average molecular weight is 943 g/mol. The summed E-state index contributed by atoms with van der Waals surface area (Å²) < 4.78 is 22.1. The number of ether oxygens (including phenoxy) is 4. The molecule has 5 aliphatic heterocycles. The van der Waals surface area contributed by atoms with Gasteiger partial charge in [0.1, 0.15) is 17.3 Å². The number of esters is 4. The molecule has 0 aromatic rings. The Hall–Kier alpha value is -2.28. The lowest BCUT2D eigenvalue weighted by atomic mass is 9.88. The number of piperidine rings is 4. The first-order chi connectivity index (χ1) is 32.6. The second-order valence-electron chi connectivity index (χ2n) is 21.8. The number of carbonyl (C=O) groups excluding carboxylic acids is 4. The minimum atomic E-state index is -0.154. The summed E-state index contributed by atoms with van der Waals surface area (Å²) in [5.41, 5.74) is -0.266. The van der Waals surface area contributed by atoms with Crippen LogP contribution in [0.1, 0.15) is 213 Å². The standard InChI is InChI=1S/C16H29NO2.C15H27NO2.C14H25NO2.C10H17NO2/c1-14(2)16(9-4-5-10-16)19-15(18)8-13-17-11-6-3-7-12-17;1-2-15(9-4-5-10-15)18-14(17)8-13-16-11-6-3-7-12-16;16-14(17-13-7-3-1-4-8-13)9-12-15-10-5-2-6-11-15;12-10-9(4-7-13-10)8-11-5-2-1-3-6-11/h14H,3-13H2,1-2H3;2-13H2,1H3;13H,1-12H2;9H,1-8H2. The third-order valence-electron chi connectivity index (χ3n) is 16.4. The number of cyclic esters (lactones) is 1. The van der Waals surface area contributed by atoms with Crippen molar-refractivity contribution in [3.63, 3.8) is 0 Å². The van der Waals surface area contributed by atoms with Gasteiger partial charge < -0.3 is 38.5 Å². The SMILES string of the molecule is CC(C)C1(OC(=O)CCN2CCCCC2)CCCC1.CCC1(OC(=O)CCN2CCCCC2)CCCC1.O=C(CCN1CCCCC1)OC1CCCCC1.O=C1OCCC1CN1CCCCC1. The molecular formula is C55H98N4O8. The summed E-state index contributed by atoms with van der Waals surface area (Å²) in [6.07, 6.45) is 34.5. The first-order valence-electron chi connectivity index (χ1n) is 28.3. The normalized spacial score (nSPS) is 25.1. The Morgan fingerprint density at radius 3 is 1.39 bits per heavy atom. The molecule has 0 bridgehead atoms. The van der Waals surface area contributed by atoms with Crippen molar-refractivity contribution >= 4 is 23.9 Å². The summed E-state index contributed by atoms with van der Waals surface area (Å²) in [6, 6.07) is 0. The smallest absolute Gasteiger partial charge is 0.310 e. The molecule has 386 valence electrons. The van der Waals surface area contributed by atoms with Crippen LogP contribution in [0.4, 0.5) is 0 Å². The van der Waals surface area contributed by atoms with Gasteiger partial charge in [-0.1, -0.05) is 52.9 Å².